The third-order valence-electron chi connectivity index (χ3n) is 3.79. The number of hydrogen-bond acceptors (Lipinski definition) is 3. The summed E-state index contributed by atoms with van der Waals surface area (Å²) in [4.78, 5) is 9.30. The molecule has 0 bridgehead atoms. The SMILES string of the molecule is Cc1nc2c(c(C3CC3)n1)C(CN)CCC2. The fourth-order valence-electron chi connectivity index (χ4n) is 2.86. The fraction of sp³-hybridized carbons (Fsp3) is 0.692. The molecule has 0 aromatic carbocycles. The quantitative estimate of drug-likeness (QED) is 0.824. The number of hydrogen-bond donors (Lipinski definition) is 1. The van der Waals surface area contributed by atoms with Crippen molar-refractivity contribution >= 4 is 0 Å². The van der Waals surface area contributed by atoms with E-state index in [1.54, 1.807) is 0 Å². The van der Waals surface area contributed by atoms with Gasteiger partial charge in [-0.05, 0) is 57.1 Å². The van der Waals surface area contributed by atoms with E-state index in [-0.39, 0.29) is 0 Å². The van der Waals surface area contributed by atoms with Gasteiger partial charge < -0.3 is 5.73 Å². The average molecular weight is 217 g/mol. The minimum atomic E-state index is 0.514. The van der Waals surface area contributed by atoms with Crippen molar-refractivity contribution in [1.29, 1.82) is 0 Å². The van der Waals surface area contributed by atoms with Crippen LogP contribution in [0.15, 0.2) is 0 Å². The molecule has 1 saturated carbocycles. The number of nitrogens with two attached hydrogens (primary N) is 1. The molecule has 0 saturated heterocycles. The lowest BCUT2D eigenvalue weighted by Crippen LogP contribution is -2.22. The van der Waals surface area contributed by atoms with Crippen molar-refractivity contribution < 1.29 is 0 Å². The third kappa shape index (κ3) is 1.63. The maximum Gasteiger partial charge on any atom is 0.125 e. The lowest BCUT2D eigenvalue weighted by atomic mass is 9.83. The third-order valence-corrected chi connectivity index (χ3v) is 3.79. The van der Waals surface area contributed by atoms with Gasteiger partial charge in [0, 0.05) is 11.6 Å². The van der Waals surface area contributed by atoms with Gasteiger partial charge >= 0.3 is 0 Å². The van der Waals surface area contributed by atoms with Crippen LogP contribution in [-0.2, 0) is 6.42 Å². The molecule has 0 amide bonds. The summed E-state index contributed by atoms with van der Waals surface area (Å²) in [6.07, 6.45) is 6.18. The number of aryl methyl sites for hydroxylation is 2. The van der Waals surface area contributed by atoms with E-state index in [0.29, 0.717) is 11.8 Å². The Labute approximate surface area is 96.5 Å². The molecule has 1 unspecified atom stereocenters. The molecule has 1 fully saturated rings. The van der Waals surface area contributed by atoms with E-state index in [9.17, 15) is 0 Å². The van der Waals surface area contributed by atoms with Crippen LogP contribution in [0.4, 0.5) is 0 Å². The highest BCUT2D eigenvalue weighted by molar-refractivity contribution is 5.36. The first-order valence-corrected chi connectivity index (χ1v) is 6.37. The highest BCUT2D eigenvalue weighted by Crippen LogP contribution is 2.44. The van der Waals surface area contributed by atoms with E-state index in [4.69, 9.17) is 5.73 Å². The first kappa shape index (κ1) is 10.2. The van der Waals surface area contributed by atoms with E-state index in [2.05, 4.69) is 9.97 Å². The molecule has 3 nitrogen and oxygen atoms in total. The zero-order valence-corrected chi connectivity index (χ0v) is 9.87. The van der Waals surface area contributed by atoms with Gasteiger partial charge in [0.25, 0.3) is 0 Å². The maximum atomic E-state index is 5.89. The lowest BCUT2D eigenvalue weighted by molar-refractivity contribution is 0.538. The van der Waals surface area contributed by atoms with Crippen LogP contribution in [0.25, 0.3) is 0 Å². The summed E-state index contributed by atoms with van der Waals surface area (Å²) in [6.45, 7) is 2.76. The molecule has 1 heterocycles. The number of fused-ring (bicyclic) bond motifs is 1. The Balaban J connectivity index is 2.12. The Kier molecular flexibility index (Phi) is 2.43. The number of rotatable bonds is 2. The summed E-state index contributed by atoms with van der Waals surface area (Å²) < 4.78 is 0. The molecular weight excluding hydrogens is 198 g/mol. The molecule has 1 atom stereocenters. The minimum absolute atomic E-state index is 0.514. The zero-order valence-electron chi connectivity index (χ0n) is 9.87. The Morgan fingerprint density at radius 2 is 2.06 bits per heavy atom. The van der Waals surface area contributed by atoms with Gasteiger partial charge in [-0.1, -0.05) is 0 Å². The second-order valence-corrected chi connectivity index (χ2v) is 5.12. The minimum Gasteiger partial charge on any atom is -0.330 e. The summed E-state index contributed by atoms with van der Waals surface area (Å²) in [5, 5.41) is 0. The van der Waals surface area contributed by atoms with E-state index in [1.165, 1.54) is 42.6 Å². The van der Waals surface area contributed by atoms with Gasteiger partial charge in [-0.2, -0.15) is 0 Å². The second-order valence-electron chi connectivity index (χ2n) is 5.12. The van der Waals surface area contributed by atoms with Crippen LogP contribution >= 0.6 is 0 Å². The summed E-state index contributed by atoms with van der Waals surface area (Å²) in [5.74, 6) is 2.17. The standard InChI is InChI=1S/C13H19N3/c1-8-15-11-4-2-3-10(7-14)12(11)13(16-8)9-5-6-9/h9-10H,2-7,14H2,1H3. The summed E-state index contributed by atoms with van der Waals surface area (Å²) >= 11 is 0. The highest BCUT2D eigenvalue weighted by Gasteiger charge is 2.33. The summed E-state index contributed by atoms with van der Waals surface area (Å²) in [7, 11) is 0. The highest BCUT2D eigenvalue weighted by atomic mass is 14.9. The molecule has 86 valence electrons. The lowest BCUT2D eigenvalue weighted by Gasteiger charge is -2.26. The van der Waals surface area contributed by atoms with Gasteiger partial charge in [0.1, 0.15) is 5.82 Å². The van der Waals surface area contributed by atoms with Crippen molar-refractivity contribution in [3.8, 4) is 0 Å². The van der Waals surface area contributed by atoms with Crippen LogP contribution in [0.2, 0.25) is 0 Å². The topological polar surface area (TPSA) is 51.8 Å². The molecule has 2 N–H and O–H groups in total. The van der Waals surface area contributed by atoms with Crippen LogP contribution in [0.5, 0.6) is 0 Å². The molecule has 0 aliphatic heterocycles. The fourth-order valence-corrected chi connectivity index (χ4v) is 2.86. The van der Waals surface area contributed by atoms with Crippen LogP contribution in [0.1, 0.15) is 60.3 Å². The van der Waals surface area contributed by atoms with Gasteiger partial charge in [-0.3, -0.25) is 0 Å². The summed E-state index contributed by atoms with van der Waals surface area (Å²) in [6, 6.07) is 0. The first-order valence-electron chi connectivity index (χ1n) is 6.37. The van der Waals surface area contributed by atoms with E-state index in [0.717, 1.165) is 18.8 Å². The molecule has 1 aromatic rings. The van der Waals surface area contributed by atoms with Crippen molar-refractivity contribution in [2.45, 2.75) is 50.9 Å². The van der Waals surface area contributed by atoms with Crippen LogP contribution < -0.4 is 5.73 Å². The molecule has 0 spiro atoms. The molecule has 2 aliphatic carbocycles. The van der Waals surface area contributed by atoms with Crippen molar-refractivity contribution in [2.75, 3.05) is 6.54 Å². The van der Waals surface area contributed by atoms with Crippen LogP contribution in [-0.4, -0.2) is 16.5 Å². The monoisotopic (exact) mass is 217 g/mol. The predicted molar refractivity (Wildman–Crippen MR) is 63.5 cm³/mol. The maximum absolute atomic E-state index is 5.89. The molecule has 16 heavy (non-hydrogen) atoms. The second kappa shape index (κ2) is 3.81. The zero-order chi connectivity index (χ0) is 11.1. The molecule has 3 heteroatoms. The number of aromatic nitrogens is 2. The van der Waals surface area contributed by atoms with Gasteiger partial charge in [-0.25, -0.2) is 9.97 Å². The van der Waals surface area contributed by atoms with Crippen molar-refractivity contribution in [2.24, 2.45) is 5.73 Å². The molecule has 3 rings (SSSR count). The predicted octanol–water partition coefficient (Wildman–Crippen LogP) is 2.04. The van der Waals surface area contributed by atoms with Crippen molar-refractivity contribution in [3.63, 3.8) is 0 Å². The smallest absolute Gasteiger partial charge is 0.125 e. The van der Waals surface area contributed by atoms with Crippen molar-refractivity contribution in [1.82, 2.24) is 9.97 Å². The largest absolute Gasteiger partial charge is 0.330 e. The van der Waals surface area contributed by atoms with E-state index < -0.39 is 0 Å². The molecular formula is C13H19N3. The Morgan fingerprint density at radius 1 is 1.25 bits per heavy atom. The van der Waals surface area contributed by atoms with Crippen LogP contribution in [0.3, 0.4) is 0 Å². The van der Waals surface area contributed by atoms with Crippen molar-refractivity contribution in [3.05, 3.63) is 22.8 Å². The normalized spacial score (nSPS) is 24.2. The van der Waals surface area contributed by atoms with Gasteiger partial charge in [0.05, 0.1) is 5.69 Å². The first-order chi connectivity index (χ1) is 7.79. The molecule has 0 radical (unpaired) electrons. The Bertz CT molecular complexity index is 410. The Morgan fingerprint density at radius 3 is 2.75 bits per heavy atom. The number of nitrogens with zero attached hydrogens (tertiary/aromatic N) is 2. The molecule has 2 aliphatic rings. The Hall–Kier alpha value is -0.960. The van der Waals surface area contributed by atoms with E-state index >= 15 is 0 Å². The van der Waals surface area contributed by atoms with Gasteiger partial charge in [0.2, 0.25) is 0 Å². The average Bonchev–Trinajstić information content (AvgIpc) is 3.10. The van der Waals surface area contributed by atoms with E-state index in [1.807, 2.05) is 6.92 Å². The summed E-state index contributed by atoms with van der Waals surface area (Å²) in [5.41, 5.74) is 9.93. The van der Waals surface area contributed by atoms with Crippen LogP contribution in [0, 0.1) is 6.92 Å². The molecule has 1 aromatic heterocycles. The van der Waals surface area contributed by atoms with Gasteiger partial charge in [0.15, 0.2) is 0 Å². The van der Waals surface area contributed by atoms with Gasteiger partial charge in [-0.15, -0.1) is 0 Å².